The van der Waals surface area contributed by atoms with E-state index >= 15 is 0 Å². The number of aromatic nitrogens is 4. The number of nitrogens with zero attached hydrogens (tertiary/aromatic N) is 6. The van der Waals surface area contributed by atoms with Gasteiger partial charge in [-0.05, 0) is 12.8 Å². The Bertz CT molecular complexity index is 826. The van der Waals surface area contributed by atoms with Gasteiger partial charge in [-0.25, -0.2) is 4.98 Å². The molecule has 2 aliphatic heterocycles. The molecular formula is C16H20N6O2. The number of hydrogen-bond acceptors (Lipinski definition) is 5. The molecule has 2 saturated heterocycles. The van der Waals surface area contributed by atoms with E-state index in [2.05, 4.69) is 10.1 Å². The van der Waals surface area contributed by atoms with Gasteiger partial charge in [-0.1, -0.05) is 0 Å². The molecular weight excluding hydrogens is 308 g/mol. The van der Waals surface area contributed by atoms with Crippen LogP contribution in [-0.4, -0.2) is 44.9 Å². The first-order valence-corrected chi connectivity index (χ1v) is 8.24. The topological polar surface area (TPSA) is 76.3 Å². The number of amides is 1. The first-order valence-electron chi connectivity index (χ1n) is 8.24. The molecule has 126 valence electrons. The molecule has 1 unspecified atom stereocenters. The zero-order chi connectivity index (χ0) is 16.7. The quantitative estimate of drug-likeness (QED) is 0.823. The van der Waals surface area contributed by atoms with Gasteiger partial charge in [0.1, 0.15) is 0 Å². The van der Waals surface area contributed by atoms with Crippen LogP contribution in [0.15, 0.2) is 29.6 Å². The van der Waals surface area contributed by atoms with Crippen molar-refractivity contribution in [1.29, 1.82) is 0 Å². The van der Waals surface area contributed by atoms with Crippen molar-refractivity contribution in [2.24, 2.45) is 7.05 Å². The Morgan fingerprint density at radius 1 is 1.25 bits per heavy atom. The van der Waals surface area contributed by atoms with Crippen molar-refractivity contribution >= 4 is 17.4 Å². The van der Waals surface area contributed by atoms with E-state index in [-0.39, 0.29) is 17.5 Å². The predicted molar refractivity (Wildman–Crippen MR) is 89.2 cm³/mol. The van der Waals surface area contributed by atoms with E-state index in [0.717, 1.165) is 31.6 Å². The molecule has 4 heterocycles. The lowest BCUT2D eigenvalue weighted by molar-refractivity contribution is -0.117. The zero-order valence-electron chi connectivity index (χ0n) is 13.6. The van der Waals surface area contributed by atoms with Gasteiger partial charge < -0.3 is 14.4 Å². The molecule has 0 bridgehead atoms. The fraction of sp³-hybridized carbons (Fsp3) is 0.500. The zero-order valence-corrected chi connectivity index (χ0v) is 13.6. The molecule has 24 heavy (non-hydrogen) atoms. The minimum Gasteiger partial charge on any atom is -0.350 e. The van der Waals surface area contributed by atoms with Gasteiger partial charge >= 0.3 is 0 Å². The summed E-state index contributed by atoms with van der Waals surface area (Å²) in [5, 5.41) is 4.44. The molecule has 0 aromatic carbocycles. The molecule has 1 amide bonds. The lowest BCUT2D eigenvalue weighted by Crippen LogP contribution is -2.31. The van der Waals surface area contributed by atoms with E-state index in [1.54, 1.807) is 35.1 Å². The molecule has 0 N–H and O–H groups in total. The van der Waals surface area contributed by atoms with Crippen molar-refractivity contribution in [3.05, 3.63) is 35.1 Å². The highest BCUT2D eigenvalue weighted by Gasteiger charge is 2.29. The summed E-state index contributed by atoms with van der Waals surface area (Å²) in [6.07, 6.45) is 9.42. The SMILES string of the molecule is Cn1ccnc(N2CCC(n3cc(N4CCCC4=O)cn3)C2)c1=O. The van der Waals surface area contributed by atoms with Gasteiger partial charge in [0.25, 0.3) is 5.56 Å². The van der Waals surface area contributed by atoms with Gasteiger partial charge in [0, 0.05) is 51.7 Å². The molecule has 0 saturated carbocycles. The van der Waals surface area contributed by atoms with Crippen molar-refractivity contribution in [1.82, 2.24) is 19.3 Å². The van der Waals surface area contributed by atoms with E-state index in [9.17, 15) is 9.59 Å². The Morgan fingerprint density at radius 2 is 2.12 bits per heavy atom. The monoisotopic (exact) mass is 328 g/mol. The largest absolute Gasteiger partial charge is 0.350 e. The lowest BCUT2D eigenvalue weighted by atomic mass is 10.3. The number of carbonyl (C=O) groups is 1. The fourth-order valence-corrected chi connectivity index (χ4v) is 3.44. The fourth-order valence-electron chi connectivity index (χ4n) is 3.44. The molecule has 2 aromatic rings. The van der Waals surface area contributed by atoms with Gasteiger partial charge in [0.15, 0.2) is 5.82 Å². The number of anilines is 2. The van der Waals surface area contributed by atoms with Gasteiger partial charge in [0.2, 0.25) is 5.91 Å². The highest BCUT2D eigenvalue weighted by molar-refractivity contribution is 5.95. The van der Waals surface area contributed by atoms with Crippen LogP contribution < -0.4 is 15.4 Å². The third-order valence-corrected chi connectivity index (χ3v) is 4.81. The normalized spacial score (nSPS) is 21.0. The van der Waals surface area contributed by atoms with Crippen LogP contribution in [0.1, 0.15) is 25.3 Å². The molecule has 1 atom stereocenters. The smallest absolute Gasteiger partial charge is 0.293 e. The summed E-state index contributed by atoms with van der Waals surface area (Å²) in [6, 6.07) is 0.183. The summed E-state index contributed by atoms with van der Waals surface area (Å²) < 4.78 is 3.45. The maximum Gasteiger partial charge on any atom is 0.293 e. The van der Waals surface area contributed by atoms with Crippen LogP contribution >= 0.6 is 0 Å². The third-order valence-electron chi connectivity index (χ3n) is 4.81. The Balaban J connectivity index is 1.51. The maximum absolute atomic E-state index is 12.2. The van der Waals surface area contributed by atoms with Crippen molar-refractivity contribution < 1.29 is 4.79 Å². The van der Waals surface area contributed by atoms with Crippen molar-refractivity contribution in [2.45, 2.75) is 25.3 Å². The first-order chi connectivity index (χ1) is 11.6. The van der Waals surface area contributed by atoms with Crippen LogP contribution in [0.3, 0.4) is 0 Å². The van der Waals surface area contributed by atoms with E-state index < -0.39 is 0 Å². The summed E-state index contributed by atoms with van der Waals surface area (Å²) in [4.78, 5) is 32.1. The van der Waals surface area contributed by atoms with Crippen molar-refractivity contribution in [3.63, 3.8) is 0 Å². The van der Waals surface area contributed by atoms with Crippen molar-refractivity contribution in [3.8, 4) is 0 Å². The molecule has 2 aromatic heterocycles. The van der Waals surface area contributed by atoms with Gasteiger partial charge in [-0.2, -0.15) is 5.10 Å². The molecule has 0 aliphatic carbocycles. The summed E-state index contributed by atoms with van der Waals surface area (Å²) in [6.45, 7) is 2.24. The summed E-state index contributed by atoms with van der Waals surface area (Å²) in [7, 11) is 1.73. The maximum atomic E-state index is 12.2. The van der Waals surface area contributed by atoms with E-state index in [1.807, 2.05) is 15.8 Å². The van der Waals surface area contributed by atoms with Crippen LogP contribution in [0.5, 0.6) is 0 Å². The molecule has 0 radical (unpaired) electrons. The van der Waals surface area contributed by atoms with E-state index in [4.69, 9.17) is 0 Å². The van der Waals surface area contributed by atoms with Crippen LogP contribution in [0.4, 0.5) is 11.5 Å². The Morgan fingerprint density at radius 3 is 2.92 bits per heavy atom. The third kappa shape index (κ3) is 2.47. The average molecular weight is 328 g/mol. The summed E-state index contributed by atoms with van der Waals surface area (Å²) in [5.41, 5.74) is 0.784. The molecule has 2 fully saturated rings. The summed E-state index contributed by atoms with van der Waals surface area (Å²) >= 11 is 0. The first kappa shape index (κ1) is 14.9. The van der Waals surface area contributed by atoms with E-state index in [1.165, 1.54) is 0 Å². The van der Waals surface area contributed by atoms with Crippen molar-refractivity contribution in [2.75, 3.05) is 29.4 Å². The Labute approximate surface area is 139 Å². The summed E-state index contributed by atoms with van der Waals surface area (Å²) in [5.74, 6) is 0.657. The lowest BCUT2D eigenvalue weighted by Gasteiger charge is -2.17. The van der Waals surface area contributed by atoms with Crippen LogP contribution in [0.2, 0.25) is 0 Å². The molecule has 4 rings (SSSR count). The molecule has 8 nitrogen and oxygen atoms in total. The highest BCUT2D eigenvalue weighted by atomic mass is 16.2. The second-order valence-corrected chi connectivity index (χ2v) is 6.38. The molecule has 8 heteroatoms. The highest BCUT2D eigenvalue weighted by Crippen LogP contribution is 2.26. The van der Waals surface area contributed by atoms with Gasteiger partial charge in [0.05, 0.1) is 17.9 Å². The standard InChI is InChI=1S/C16H20N6O2/c1-19-8-5-17-15(16(19)24)20-7-4-12(10-20)22-11-13(9-18-22)21-6-2-3-14(21)23/h5,8-9,11-12H,2-4,6-7,10H2,1H3. The number of aryl methyl sites for hydroxylation is 1. The minimum atomic E-state index is -0.0815. The number of carbonyl (C=O) groups excluding carboxylic acids is 1. The predicted octanol–water partition coefficient (Wildman–Crippen LogP) is 0.555. The number of hydrogen-bond donors (Lipinski definition) is 0. The number of rotatable bonds is 3. The molecule has 2 aliphatic rings. The van der Waals surface area contributed by atoms with Crippen LogP contribution in [-0.2, 0) is 11.8 Å². The Kier molecular flexibility index (Phi) is 3.59. The van der Waals surface area contributed by atoms with E-state index in [0.29, 0.717) is 18.8 Å². The average Bonchev–Trinajstić information content (AvgIpc) is 3.29. The minimum absolute atomic E-state index is 0.0815. The van der Waals surface area contributed by atoms with Crippen LogP contribution in [0.25, 0.3) is 0 Å². The van der Waals surface area contributed by atoms with Gasteiger partial charge in [-0.15, -0.1) is 0 Å². The molecule has 0 spiro atoms. The van der Waals surface area contributed by atoms with Crippen LogP contribution in [0, 0.1) is 0 Å². The Hall–Kier alpha value is -2.64. The second-order valence-electron chi connectivity index (χ2n) is 6.38. The second kappa shape index (κ2) is 5.77. The van der Waals surface area contributed by atoms with Gasteiger partial charge in [-0.3, -0.25) is 14.3 Å².